The molecule has 1 aromatic heterocycles. The van der Waals surface area contributed by atoms with Crippen LogP contribution in [0, 0.1) is 0 Å². The number of carbonyl (C=O) groups is 1. The summed E-state index contributed by atoms with van der Waals surface area (Å²) in [5.41, 5.74) is 2.41. The molecule has 0 bridgehead atoms. The zero-order chi connectivity index (χ0) is 16.4. The number of nitrogens with zero attached hydrogens (tertiary/aromatic N) is 2. The van der Waals surface area contributed by atoms with Gasteiger partial charge in [0.25, 0.3) is 5.91 Å². The van der Waals surface area contributed by atoms with E-state index >= 15 is 0 Å². The van der Waals surface area contributed by atoms with Crippen molar-refractivity contribution in [3.63, 3.8) is 0 Å². The summed E-state index contributed by atoms with van der Waals surface area (Å²) < 4.78 is 14.5. The van der Waals surface area contributed by atoms with Crippen molar-refractivity contribution in [2.24, 2.45) is 0 Å². The highest BCUT2D eigenvalue weighted by atomic mass is 32.1. The van der Waals surface area contributed by atoms with E-state index in [9.17, 15) is 4.79 Å². The van der Waals surface area contributed by atoms with Gasteiger partial charge in [0.05, 0.1) is 0 Å². The van der Waals surface area contributed by atoms with Gasteiger partial charge in [0.2, 0.25) is 6.79 Å². The van der Waals surface area contributed by atoms with Gasteiger partial charge in [0.15, 0.2) is 11.5 Å². The molecular formula is C17H13N3O3S. The first kappa shape index (κ1) is 14.6. The van der Waals surface area contributed by atoms with Crippen molar-refractivity contribution in [1.82, 2.24) is 14.9 Å². The molecule has 1 aliphatic rings. The molecule has 1 N–H and O–H groups in total. The topological polar surface area (TPSA) is 73.3 Å². The number of hydrogen-bond donors (Lipinski definition) is 1. The maximum Gasteiger partial charge on any atom is 0.265 e. The molecule has 0 unspecified atom stereocenters. The number of aromatic nitrogens is 2. The third-order valence-corrected chi connectivity index (χ3v) is 4.36. The van der Waals surface area contributed by atoms with Crippen LogP contribution < -0.4 is 14.8 Å². The lowest BCUT2D eigenvalue weighted by molar-refractivity contribution is 0.0955. The van der Waals surface area contributed by atoms with Crippen LogP contribution in [0.4, 0.5) is 0 Å². The summed E-state index contributed by atoms with van der Waals surface area (Å²) in [6.45, 7) is 0.625. The van der Waals surface area contributed by atoms with Gasteiger partial charge in [-0.3, -0.25) is 4.79 Å². The van der Waals surface area contributed by atoms with Crippen molar-refractivity contribution in [1.29, 1.82) is 0 Å². The first-order valence-electron chi connectivity index (χ1n) is 7.36. The first-order chi connectivity index (χ1) is 11.8. The zero-order valence-electron chi connectivity index (χ0n) is 12.6. The van der Waals surface area contributed by atoms with Crippen LogP contribution in [-0.2, 0) is 6.54 Å². The number of amides is 1. The Bertz CT molecular complexity index is 880. The number of rotatable bonds is 4. The van der Waals surface area contributed by atoms with Gasteiger partial charge in [-0.1, -0.05) is 40.9 Å². The first-order valence-corrected chi connectivity index (χ1v) is 8.13. The van der Waals surface area contributed by atoms with E-state index in [0.717, 1.165) is 28.4 Å². The Morgan fingerprint density at radius 2 is 1.96 bits per heavy atom. The van der Waals surface area contributed by atoms with Crippen LogP contribution in [0.2, 0.25) is 0 Å². The van der Waals surface area contributed by atoms with E-state index < -0.39 is 0 Å². The lowest BCUT2D eigenvalue weighted by atomic mass is 10.1. The minimum atomic E-state index is -0.193. The van der Waals surface area contributed by atoms with Crippen molar-refractivity contribution in [3.8, 4) is 22.8 Å². The summed E-state index contributed by atoms with van der Waals surface area (Å²) >= 11 is 1.09. The van der Waals surface area contributed by atoms with E-state index in [1.807, 2.05) is 48.5 Å². The maximum absolute atomic E-state index is 12.5. The second-order valence-corrected chi connectivity index (χ2v) is 5.94. The summed E-state index contributed by atoms with van der Waals surface area (Å²) in [5.74, 6) is 1.23. The second kappa shape index (κ2) is 6.29. The predicted octanol–water partition coefficient (Wildman–Crippen LogP) is 2.86. The number of benzene rings is 2. The Morgan fingerprint density at radius 1 is 1.12 bits per heavy atom. The van der Waals surface area contributed by atoms with E-state index in [4.69, 9.17) is 9.47 Å². The number of nitrogens with one attached hydrogen (secondary N) is 1. The van der Waals surface area contributed by atoms with E-state index in [2.05, 4.69) is 14.9 Å². The summed E-state index contributed by atoms with van der Waals surface area (Å²) in [6, 6.07) is 15.2. The lowest BCUT2D eigenvalue weighted by Gasteiger charge is -2.06. The maximum atomic E-state index is 12.5. The Hall–Kier alpha value is -2.93. The van der Waals surface area contributed by atoms with Crippen molar-refractivity contribution in [3.05, 3.63) is 59.0 Å². The molecule has 1 aliphatic heterocycles. The Morgan fingerprint density at radius 3 is 2.83 bits per heavy atom. The minimum absolute atomic E-state index is 0.193. The van der Waals surface area contributed by atoms with Crippen LogP contribution >= 0.6 is 11.5 Å². The zero-order valence-corrected chi connectivity index (χ0v) is 13.4. The fourth-order valence-corrected chi connectivity index (χ4v) is 3.04. The second-order valence-electron chi connectivity index (χ2n) is 5.19. The molecule has 0 fully saturated rings. The number of hydrogen-bond acceptors (Lipinski definition) is 6. The van der Waals surface area contributed by atoms with Crippen molar-refractivity contribution >= 4 is 17.4 Å². The molecule has 1 amide bonds. The van der Waals surface area contributed by atoms with Crippen LogP contribution in [0.5, 0.6) is 11.5 Å². The Balaban J connectivity index is 1.49. The lowest BCUT2D eigenvalue weighted by Crippen LogP contribution is -2.22. The summed E-state index contributed by atoms with van der Waals surface area (Å²) in [6.07, 6.45) is 0. The fourth-order valence-electron chi connectivity index (χ4n) is 2.44. The smallest absolute Gasteiger partial charge is 0.265 e. The average molecular weight is 339 g/mol. The summed E-state index contributed by atoms with van der Waals surface area (Å²) in [5, 5.41) is 6.98. The van der Waals surface area contributed by atoms with Gasteiger partial charge < -0.3 is 14.8 Å². The van der Waals surface area contributed by atoms with Gasteiger partial charge in [-0.2, -0.15) is 0 Å². The molecule has 0 spiro atoms. The summed E-state index contributed by atoms with van der Waals surface area (Å²) in [7, 11) is 0. The molecule has 0 radical (unpaired) electrons. The van der Waals surface area contributed by atoms with Gasteiger partial charge in [0, 0.05) is 12.1 Å². The van der Waals surface area contributed by atoms with Crippen molar-refractivity contribution in [2.75, 3.05) is 6.79 Å². The van der Waals surface area contributed by atoms with E-state index in [-0.39, 0.29) is 12.7 Å². The normalized spacial score (nSPS) is 12.2. The summed E-state index contributed by atoms with van der Waals surface area (Å²) in [4.78, 5) is 13.0. The molecule has 4 rings (SSSR count). The third-order valence-electron chi connectivity index (χ3n) is 3.63. The van der Waals surface area contributed by atoms with Crippen LogP contribution in [0.25, 0.3) is 11.3 Å². The molecule has 0 aliphatic carbocycles. The SMILES string of the molecule is O=C(NCc1ccc2c(c1)OCO2)c1snnc1-c1ccccc1. The van der Waals surface area contributed by atoms with Crippen molar-refractivity contribution < 1.29 is 14.3 Å². The molecule has 6 nitrogen and oxygen atoms in total. The van der Waals surface area contributed by atoms with E-state index in [1.165, 1.54) is 0 Å². The predicted molar refractivity (Wildman–Crippen MR) is 89.1 cm³/mol. The molecular weight excluding hydrogens is 326 g/mol. The molecule has 0 atom stereocenters. The molecule has 7 heteroatoms. The largest absolute Gasteiger partial charge is 0.454 e. The highest BCUT2D eigenvalue weighted by Crippen LogP contribution is 2.32. The number of fused-ring (bicyclic) bond motifs is 1. The Kier molecular flexibility index (Phi) is 3.84. The van der Waals surface area contributed by atoms with E-state index in [0.29, 0.717) is 22.9 Å². The van der Waals surface area contributed by atoms with Crippen LogP contribution in [0.1, 0.15) is 15.2 Å². The number of ether oxygens (including phenoxy) is 2. The average Bonchev–Trinajstić information content (AvgIpc) is 3.29. The Labute approximate surface area is 142 Å². The third kappa shape index (κ3) is 2.81. The van der Waals surface area contributed by atoms with Crippen LogP contribution in [0.3, 0.4) is 0 Å². The monoisotopic (exact) mass is 339 g/mol. The van der Waals surface area contributed by atoms with Gasteiger partial charge in [-0.15, -0.1) is 5.10 Å². The molecule has 0 saturated carbocycles. The standard InChI is InChI=1S/C17H13N3O3S/c21-17(16-15(19-20-24-16)12-4-2-1-3-5-12)18-9-11-6-7-13-14(8-11)23-10-22-13/h1-8H,9-10H2,(H,18,21). The molecule has 0 saturated heterocycles. The highest BCUT2D eigenvalue weighted by Gasteiger charge is 2.18. The van der Waals surface area contributed by atoms with Gasteiger partial charge in [0.1, 0.15) is 10.6 Å². The highest BCUT2D eigenvalue weighted by molar-refractivity contribution is 7.08. The van der Waals surface area contributed by atoms with Gasteiger partial charge >= 0.3 is 0 Å². The van der Waals surface area contributed by atoms with Crippen LogP contribution in [0.15, 0.2) is 48.5 Å². The quantitative estimate of drug-likeness (QED) is 0.791. The number of carbonyl (C=O) groups excluding carboxylic acids is 1. The fraction of sp³-hybridized carbons (Fsp3) is 0.118. The van der Waals surface area contributed by atoms with E-state index in [1.54, 1.807) is 0 Å². The molecule has 2 aromatic carbocycles. The molecule has 120 valence electrons. The van der Waals surface area contributed by atoms with Gasteiger partial charge in [-0.05, 0) is 29.2 Å². The minimum Gasteiger partial charge on any atom is -0.454 e. The molecule has 2 heterocycles. The molecule has 3 aromatic rings. The van der Waals surface area contributed by atoms with Crippen LogP contribution in [-0.4, -0.2) is 22.3 Å². The van der Waals surface area contributed by atoms with Crippen molar-refractivity contribution in [2.45, 2.75) is 6.54 Å². The van der Waals surface area contributed by atoms with Gasteiger partial charge in [-0.25, -0.2) is 0 Å². The molecule has 24 heavy (non-hydrogen) atoms.